The van der Waals surface area contributed by atoms with Crippen molar-refractivity contribution in [2.45, 2.75) is 33.4 Å². The third kappa shape index (κ3) is 6.55. The van der Waals surface area contributed by atoms with Gasteiger partial charge < -0.3 is 15.0 Å². The number of ether oxygens (including phenoxy) is 1. The first kappa shape index (κ1) is 22.3. The van der Waals surface area contributed by atoms with Crippen molar-refractivity contribution in [1.82, 2.24) is 10.2 Å². The van der Waals surface area contributed by atoms with Gasteiger partial charge in [0.25, 0.3) is 5.91 Å². The van der Waals surface area contributed by atoms with Gasteiger partial charge in [0.2, 0.25) is 5.91 Å². The van der Waals surface area contributed by atoms with Crippen molar-refractivity contribution < 1.29 is 23.1 Å². The van der Waals surface area contributed by atoms with E-state index in [9.17, 15) is 18.4 Å². The van der Waals surface area contributed by atoms with Crippen LogP contribution in [-0.2, 0) is 16.1 Å². The number of hydrogen-bond donors (Lipinski definition) is 1. The Bertz CT molecular complexity index is 842. The first-order valence-electron chi connectivity index (χ1n) is 9.47. The van der Waals surface area contributed by atoms with Gasteiger partial charge in [-0.15, -0.1) is 0 Å². The highest BCUT2D eigenvalue weighted by atomic mass is 19.1. The van der Waals surface area contributed by atoms with Crippen LogP contribution in [0.1, 0.15) is 26.3 Å². The molecule has 1 N–H and O–H groups in total. The van der Waals surface area contributed by atoms with E-state index in [0.29, 0.717) is 6.54 Å². The summed E-state index contributed by atoms with van der Waals surface area (Å²) in [5, 5.41) is 2.77. The second-order valence-electron chi connectivity index (χ2n) is 7.15. The van der Waals surface area contributed by atoms with Gasteiger partial charge in [0, 0.05) is 18.7 Å². The van der Waals surface area contributed by atoms with Crippen LogP contribution in [0.3, 0.4) is 0 Å². The number of rotatable bonds is 9. The molecule has 29 heavy (non-hydrogen) atoms. The molecule has 0 heterocycles. The second-order valence-corrected chi connectivity index (χ2v) is 7.15. The molecule has 0 unspecified atom stereocenters. The summed E-state index contributed by atoms with van der Waals surface area (Å²) in [6.07, 6.45) is 0. The standard InChI is InChI=1S/C22H26F2N2O3/c1-15(2)12-25-22(28)16(3)26(13-17-8-4-5-9-18(17)23)21(27)14-29-20-11-7-6-10-19(20)24/h4-11,15-16H,12-14H2,1-3H3,(H,25,28)/t16-/m0/s1. The van der Waals surface area contributed by atoms with E-state index in [1.165, 1.54) is 29.2 Å². The lowest BCUT2D eigenvalue weighted by molar-refractivity contribution is -0.142. The quantitative estimate of drug-likeness (QED) is 0.696. The Hall–Kier alpha value is -2.96. The minimum atomic E-state index is -0.856. The lowest BCUT2D eigenvalue weighted by atomic mass is 10.1. The van der Waals surface area contributed by atoms with Crippen LogP contribution in [0.15, 0.2) is 48.5 Å². The van der Waals surface area contributed by atoms with Crippen molar-refractivity contribution in [2.75, 3.05) is 13.2 Å². The smallest absolute Gasteiger partial charge is 0.261 e. The van der Waals surface area contributed by atoms with E-state index in [4.69, 9.17) is 4.74 Å². The largest absolute Gasteiger partial charge is 0.481 e. The van der Waals surface area contributed by atoms with Crippen LogP contribution in [0.4, 0.5) is 8.78 Å². The van der Waals surface area contributed by atoms with Crippen molar-refractivity contribution in [3.05, 3.63) is 65.7 Å². The zero-order valence-electron chi connectivity index (χ0n) is 16.8. The maximum Gasteiger partial charge on any atom is 0.261 e. The Kier molecular flexibility index (Phi) is 8.12. The van der Waals surface area contributed by atoms with E-state index in [1.807, 2.05) is 13.8 Å². The lowest BCUT2D eigenvalue weighted by Crippen LogP contribution is -2.49. The molecular formula is C22H26F2N2O3. The molecule has 0 fully saturated rings. The monoisotopic (exact) mass is 404 g/mol. The number of carbonyl (C=O) groups is 2. The summed E-state index contributed by atoms with van der Waals surface area (Å²) < 4.78 is 33.1. The average molecular weight is 404 g/mol. The summed E-state index contributed by atoms with van der Waals surface area (Å²) in [4.78, 5) is 26.5. The predicted octanol–water partition coefficient (Wildman–Crippen LogP) is 3.53. The molecule has 0 aromatic heterocycles. The molecule has 7 heteroatoms. The number of nitrogens with one attached hydrogen (secondary N) is 1. The molecular weight excluding hydrogens is 378 g/mol. The van der Waals surface area contributed by atoms with E-state index in [-0.39, 0.29) is 29.7 Å². The Morgan fingerprint density at radius 3 is 2.24 bits per heavy atom. The Morgan fingerprint density at radius 2 is 1.62 bits per heavy atom. The Balaban J connectivity index is 2.16. The van der Waals surface area contributed by atoms with Gasteiger partial charge in [-0.2, -0.15) is 0 Å². The van der Waals surface area contributed by atoms with Gasteiger partial charge in [-0.3, -0.25) is 9.59 Å². The molecule has 2 rings (SSSR count). The molecule has 1 atom stereocenters. The van der Waals surface area contributed by atoms with E-state index < -0.39 is 30.2 Å². The van der Waals surface area contributed by atoms with Gasteiger partial charge in [-0.05, 0) is 31.0 Å². The third-order valence-corrected chi connectivity index (χ3v) is 4.34. The molecule has 0 spiro atoms. The molecule has 0 aliphatic heterocycles. The van der Waals surface area contributed by atoms with E-state index >= 15 is 0 Å². The van der Waals surface area contributed by atoms with Crippen LogP contribution in [0.25, 0.3) is 0 Å². The van der Waals surface area contributed by atoms with Crippen LogP contribution in [0.5, 0.6) is 5.75 Å². The van der Waals surface area contributed by atoms with Gasteiger partial charge in [0.05, 0.1) is 0 Å². The minimum Gasteiger partial charge on any atom is -0.481 e. The summed E-state index contributed by atoms with van der Waals surface area (Å²) in [7, 11) is 0. The fourth-order valence-electron chi connectivity index (χ4n) is 2.63. The summed E-state index contributed by atoms with van der Waals surface area (Å²) in [6.45, 7) is 5.35. The average Bonchev–Trinajstić information content (AvgIpc) is 2.70. The maximum absolute atomic E-state index is 14.1. The van der Waals surface area contributed by atoms with E-state index in [0.717, 1.165) is 0 Å². The topological polar surface area (TPSA) is 58.6 Å². The summed E-state index contributed by atoms with van der Waals surface area (Å²) >= 11 is 0. The summed E-state index contributed by atoms with van der Waals surface area (Å²) in [5.41, 5.74) is 0.273. The highest BCUT2D eigenvalue weighted by molar-refractivity contribution is 5.87. The van der Waals surface area contributed by atoms with E-state index in [2.05, 4.69) is 5.32 Å². The van der Waals surface area contributed by atoms with Gasteiger partial charge in [-0.1, -0.05) is 44.2 Å². The first-order valence-corrected chi connectivity index (χ1v) is 9.47. The third-order valence-electron chi connectivity index (χ3n) is 4.34. The lowest BCUT2D eigenvalue weighted by Gasteiger charge is -2.29. The van der Waals surface area contributed by atoms with Crippen molar-refractivity contribution >= 4 is 11.8 Å². The van der Waals surface area contributed by atoms with Gasteiger partial charge >= 0.3 is 0 Å². The number of amides is 2. The number of benzene rings is 2. The van der Waals surface area contributed by atoms with Crippen molar-refractivity contribution in [3.63, 3.8) is 0 Å². The fraction of sp³-hybridized carbons (Fsp3) is 0.364. The Labute approximate surface area is 169 Å². The van der Waals surface area contributed by atoms with Crippen LogP contribution in [-0.4, -0.2) is 35.9 Å². The van der Waals surface area contributed by atoms with Gasteiger partial charge in [0.1, 0.15) is 11.9 Å². The molecule has 0 saturated carbocycles. The first-order chi connectivity index (χ1) is 13.8. The van der Waals surface area contributed by atoms with Crippen molar-refractivity contribution in [2.24, 2.45) is 5.92 Å². The van der Waals surface area contributed by atoms with Crippen LogP contribution in [0.2, 0.25) is 0 Å². The molecule has 0 saturated heterocycles. The van der Waals surface area contributed by atoms with Crippen LogP contribution >= 0.6 is 0 Å². The zero-order valence-corrected chi connectivity index (χ0v) is 16.8. The fourth-order valence-corrected chi connectivity index (χ4v) is 2.63. The number of halogens is 2. The molecule has 0 aliphatic carbocycles. The molecule has 0 aliphatic rings. The molecule has 0 radical (unpaired) electrons. The molecule has 2 aromatic rings. The highest BCUT2D eigenvalue weighted by Crippen LogP contribution is 2.17. The van der Waals surface area contributed by atoms with Crippen LogP contribution < -0.4 is 10.1 Å². The number of hydrogen-bond acceptors (Lipinski definition) is 3. The van der Waals surface area contributed by atoms with Crippen LogP contribution in [0, 0.1) is 17.6 Å². The normalized spacial score (nSPS) is 11.8. The molecule has 2 aromatic carbocycles. The number of carbonyl (C=O) groups excluding carboxylic acids is 2. The Morgan fingerprint density at radius 1 is 1.00 bits per heavy atom. The SMILES string of the molecule is CC(C)CNC(=O)[C@H](C)N(Cc1ccccc1F)C(=O)COc1ccccc1F. The highest BCUT2D eigenvalue weighted by Gasteiger charge is 2.27. The zero-order chi connectivity index (χ0) is 21.4. The number of nitrogens with zero attached hydrogens (tertiary/aromatic N) is 1. The van der Waals surface area contributed by atoms with Crippen molar-refractivity contribution in [3.8, 4) is 5.75 Å². The molecule has 156 valence electrons. The van der Waals surface area contributed by atoms with Gasteiger partial charge in [0.15, 0.2) is 18.2 Å². The minimum absolute atomic E-state index is 0.0661. The maximum atomic E-state index is 14.1. The molecule has 0 bridgehead atoms. The van der Waals surface area contributed by atoms with Crippen molar-refractivity contribution in [1.29, 1.82) is 0 Å². The van der Waals surface area contributed by atoms with E-state index in [1.54, 1.807) is 31.2 Å². The molecule has 5 nitrogen and oxygen atoms in total. The number of para-hydroxylation sites is 1. The molecule has 2 amide bonds. The second kappa shape index (κ2) is 10.5. The summed E-state index contributed by atoms with van der Waals surface area (Å²) in [6, 6.07) is 10.9. The van der Waals surface area contributed by atoms with Gasteiger partial charge in [-0.25, -0.2) is 8.78 Å². The predicted molar refractivity (Wildman–Crippen MR) is 106 cm³/mol. The summed E-state index contributed by atoms with van der Waals surface area (Å²) in [5.74, 6) is -1.80.